The van der Waals surface area contributed by atoms with E-state index in [9.17, 15) is 14.4 Å². The number of fused-ring (bicyclic) bond motifs is 1. The Morgan fingerprint density at radius 2 is 1.32 bits per heavy atom. The number of esters is 2. The summed E-state index contributed by atoms with van der Waals surface area (Å²) in [6.45, 7) is 0. The Morgan fingerprint density at radius 3 is 2.00 bits per heavy atom. The van der Waals surface area contributed by atoms with E-state index in [1.807, 2.05) is 0 Å². The van der Waals surface area contributed by atoms with Crippen LogP contribution >= 0.6 is 0 Å². The summed E-state index contributed by atoms with van der Waals surface area (Å²) in [4.78, 5) is 38.3. The van der Waals surface area contributed by atoms with Crippen molar-refractivity contribution in [2.45, 2.75) is 0 Å². The van der Waals surface area contributed by atoms with E-state index >= 15 is 0 Å². The van der Waals surface area contributed by atoms with E-state index in [0.717, 1.165) is 0 Å². The van der Waals surface area contributed by atoms with E-state index in [1.54, 1.807) is 60.7 Å². The van der Waals surface area contributed by atoms with Crippen LogP contribution in [0.2, 0.25) is 0 Å². The highest BCUT2D eigenvalue weighted by atomic mass is 16.5. The van der Waals surface area contributed by atoms with E-state index in [0.29, 0.717) is 27.9 Å². The first-order chi connectivity index (χ1) is 17.9. The van der Waals surface area contributed by atoms with Crippen molar-refractivity contribution in [2.75, 3.05) is 11.5 Å². The average molecular weight is 492 g/mol. The number of hydrogen-bond acceptors (Lipinski definition) is 8. The Morgan fingerprint density at radius 1 is 0.676 bits per heavy atom. The van der Waals surface area contributed by atoms with Gasteiger partial charge in [-0.15, -0.1) is 0 Å². The Labute approximate surface area is 210 Å². The largest absolute Gasteiger partial charge is 0.456 e. The standard InChI is InChI=1S/C29H20N2O6/c30-19-7-3-5-17(13-19)28(33)35-21-11-12-23(27-16-24(32)22-9-1-2-10-25(22)36-27)26(15-21)37-29(34)18-6-4-8-20(31)14-18/h1-16H,30-31H2. The molecule has 0 bridgehead atoms. The first-order valence-electron chi connectivity index (χ1n) is 11.2. The maximum Gasteiger partial charge on any atom is 0.343 e. The van der Waals surface area contributed by atoms with Gasteiger partial charge in [-0.3, -0.25) is 4.79 Å². The van der Waals surface area contributed by atoms with Crippen molar-refractivity contribution in [3.63, 3.8) is 0 Å². The first kappa shape index (κ1) is 23.4. The van der Waals surface area contributed by atoms with Crippen LogP contribution in [0.15, 0.2) is 106 Å². The fraction of sp³-hybridized carbons (Fsp3) is 0. The third kappa shape index (κ3) is 5.03. The zero-order valence-corrected chi connectivity index (χ0v) is 19.3. The van der Waals surface area contributed by atoms with Crippen LogP contribution in [0.1, 0.15) is 20.7 Å². The number of nitrogens with two attached hydrogens (primary N) is 2. The molecule has 5 rings (SSSR count). The summed E-state index contributed by atoms with van der Waals surface area (Å²) in [6.07, 6.45) is 0. The molecule has 0 aliphatic heterocycles. The van der Waals surface area contributed by atoms with Gasteiger partial charge in [-0.2, -0.15) is 0 Å². The topological polar surface area (TPSA) is 135 Å². The maximum absolute atomic E-state index is 12.9. The Balaban J connectivity index is 1.56. The summed E-state index contributed by atoms with van der Waals surface area (Å²) in [6, 6.07) is 25.2. The van der Waals surface area contributed by atoms with Gasteiger partial charge in [0.1, 0.15) is 22.8 Å². The molecule has 8 nitrogen and oxygen atoms in total. The predicted molar refractivity (Wildman–Crippen MR) is 140 cm³/mol. The fourth-order valence-corrected chi connectivity index (χ4v) is 3.75. The molecule has 0 atom stereocenters. The molecule has 4 N–H and O–H groups in total. The molecule has 37 heavy (non-hydrogen) atoms. The third-order valence-electron chi connectivity index (χ3n) is 5.51. The molecule has 1 heterocycles. The van der Waals surface area contributed by atoms with E-state index in [1.165, 1.54) is 36.4 Å². The van der Waals surface area contributed by atoms with Crippen LogP contribution in [-0.4, -0.2) is 11.9 Å². The number of benzene rings is 4. The van der Waals surface area contributed by atoms with Gasteiger partial charge in [-0.05, 0) is 60.7 Å². The average Bonchev–Trinajstić information content (AvgIpc) is 2.89. The smallest absolute Gasteiger partial charge is 0.343 e. The van der Waals surface area contributed by atoms with Gasteiger partial charge in [0.2, 0.25) is 0 Å². The highest BCUT2D eigenvalue weighted by Crippen LogP contribution is 2.35. The lowest BCUT2D eigenvalue weighted by molar-refractivity contribution is 0.0733. The predicted octanol–water partition coefficient (Wildman–Crippen LogP) is 5.06. The van der Waals surface area contributed by atoms with Crippen LogP contribution in [0.4, 0.5) is 11.4 Å². The molecule has 1 aromatic heterocycles. The molecule has 4 aromatic carbocycles. The number of anilines is 2. The summed E-state index contributed by atoms with van der Waals surface area (Å²) in [5.74, 6) is -1.05. The molecule has 0 amide bonds. The lowest BCUT2D eigenvalue weighted by Crippen LogP contribution is -2.11. The van der Waals surface area contributed by atoms with Crippen LogP contribution in [0.3, 0.4) is 0 Å². The fourth-order valence-electron chi connectivity index (χ4n) is 3.75. The van der Waals surface area contributed by atoms with Gasteiger partial charge in [0.05, 0.1) is 22.1 Å². The lowest BCUT2D eigenvalue weighted by Gasteiger charge is -2.13. The second-order valence-corrected chi connectivity index (χ2v) is 8.16. The van der Waals surface area contributed by atoms with Crippen molar-refractivity contribution in [1.82, 2.24) is 0 Å². The van der Waals surface area contributed by atoms with Crippen molar-refractivity contribution in [3.05, 3.63) is 118 Å². The van der Waals surface area contributed by atoms with E-state index < -0.39 is 11.9 Å². The molecule has 0 spiro atoms. The van der Waals surface area contributed by atoms with E-state index in [2.05, 4.69) is 0 Å². The van der Waals surface area contributed by atoms with Crippen molar-refractivity contribution >= 4 is 34.3 Å². The van der Waals surface area contributed by atoms with Crippen LogP contribution in [-0.2, 0) is 0 Å². The summed E-state index contributed by atoms with van der Waals surface area (Å²) < 4.78 is 17.1. The van der Waals surface area contributed by atoms with Crippen LogP contribution < -0.4 is 26.4 Å². The van der Waals surface area contributed by atoms with Gasteiger partial charge < -0.3 is 25.4 Å². The molecule has 0 radical (unpaired) electrons. The highest BCUT2D eigenvalue weighted by Gasteiger charge is 2.19. The van der Waals surface area contributed by atoms with Crippen LogP contribution in [0.5, 0.6) is 11.5 Å². The molecule has 0 saturated heterocycles. The molecule has 0 unspecified atom stereocenters. The van der Waals surface area contributed by atoms with Crippen LogP contribution in [0.25, 0.3) is 22.3 Å². The Bertz CT molecular complexity index is 1720. The van der Waals surface area contributed by atoms with Crippen molar-refractivity contribution < 1.29 is 23.5 Å². The van der Waals surface area contributed by atoms with Crippen molar-refractivity contribution in [1.29, 1.82) is 0 Å². The van der Waals surface area contributed by atoms with Crippen molar-refractivity contribution in [3.8, 4) is 22.8 Å². The van der Waals surface area contributed by atoms with Crippen molar-refractivity contribution in [2.24, 2.45) is 0 Å². The SMILES string of the molecule is Nc1cccc(C(=O)Oc2ccc(-c3cc(=O)c4ccccc4o3)c(OC(=O)c3cccc(N)c3)c2)c1. The van der Waals surface area contributed by atoms with E-state index in [4.69, 9.17) is 25.4 Å². The minimum absolute atomic E-state index is 0.0173. The third-order valence-corrected chi connectivity index (χ3v) is 5.51. The second kappa shape index (κ2) is 9.71. The normalized spacial score (nSPS) is 10.7. The quantitative estimate of drug-likeness (QED) is 0.197. The van der Waals surface area contributed by atoms with E-state index in [-0.39, 0.29) is 33.8 Å². The maximum atomic E-state index is 12.9. The number of carbonyl (C=O) groups is 2. The molecule has 0 saturated carbocycles. The summed E-state index contributed by atoms with van der Waals surface area (Å²) in [7, 11) is 0. The number of para-hydroxylation sites is 1. The zero-order chi connectivity index (χ0) is 25.9. The Hall–Kier alpha value is -5.37. The molecule has 5 aromatic rings. The summed E-state index contributed by atoms with van der Waals surface area (Å²) in [5, 5.41) is 0.414. The monoisotopic (exact) mass is 492 g/mol. The van der Waals surface area contributed by atoms with Gasteiger partial charge in [-0.25, -0.2) is 9.59 Å². The number of carbonyl (C=O) groups excluding carboxylic acids is 2. The number of hydrogen-bond donors (Lipinski definition) is 2. The van der Waals surface area contributed by atoms with Gasteiger partial charge in [0, 0.05) is 23.5 Å². The molecule has 182 valence electrons. The molecular weight excluding hydrogens is 472 g/mol. The van der Waals surface area contributed by atoms with Crippen LogP contribution in [0, 0.1) is 0 Å². The van der Waals surface area contributed by atoms with Gasteiger partial charge in [0.15, 0.2) is 5.43 Å². The number of ether oxygens (including phenoxy) is 2. The second-order valence-electron chi connectivity index (χ2n) is 8.16. The molecule has 0 fully saturated rings. The summed E-state index contributed by atoms with van der Waals surface area (Å²) in [5.41, 5.74) is 13.2. The van der Waals surface area contributed by atoms with Gasteiger partial charge >= 0.3 is 11.9 Å². The first-order valence-corrected chi connectivity index (χ1v) is 11.2. The van der Waals surface area contributed by atoms with Gasteiger partial charge in [0.25, 0.3) is 0 Å². The molecule has 8 heteroatoms. The number of nitrogen functional groups attached to an aromatic ring is 2. The Kier molecular flexibility index (Phi) is 6.13. The summed E-state index contributed by atoms with van der Waals surface area (Å²) >= 11 is 0. The lowest BCUT2D eigenvalue weighted by atomic mass is 10.1. The molecule has 0 aliphatic rings. The van der Waals surface area contributed by atoms with Gasteiger partial charge in [-0.1, -0.05) is 24.3 Å². The highest BCUT2D eigenvalue weighted by molar-refractivity contribution is 5.94. The number of rotatable bonds is 5. The molecule has 0 aliphatic carbocycles. The molecular formula is C29H20N2O6. The minimum Gasteiger partial charge on any atom is -0.456 e. The minimum atomic E-state index is -0.698. The zero-order valence-electron chi connectivity index (χ0n) is 19.3.